The van der Waals surface area contributed by atoms with Crippen LogP contribution in [-0.4, -0.2) is 43.9 Å². The molecule has 0 aromatic heterocycles. The van der Waals surface area contributed by atoms with Gasteiger partial charge in [0, 0.05) is 19.7 Å². The first-order valence-electron chi connectivity index (χ1n) is 4.55. The van der Waals surface area contributed by atoms with Crippen molar-refractivity contribution in [1.82, 2.24) is 4.90 Å². The standard InChI is InChI=1S/C9H19NO3/c1-5-13-9(11)10(8(2)3)6-7-12-4/h8H,5-7H2,1-4H3. The van der Waals surface area contributed by atoms with Gasteiger partial charge in [0.1, 0.15) is 0 Å². The largest absolute Gasteiger partial charge is 0.450 e. The first-order chi connectivity index (χ1) is 6.13. The van der Waals surface area contributed by atoms with Crippen molar-refractivity contribution in [3.8, 4) is 0 Å². The van der Waals surface area contributed by atoms with E-state index >= 15 is 0 Å². The minimum atomic E-state index is -0.269. The van der Waals surface area contributed by atoms with Crippen LogP contribution in [0.4, 0.5) is 4.79 Å². The highest BCUT2D eigenvalue weighted by molar-refractivity contribution is 5.67. The number of carbonyl (C=O) groups excluding carboxylic acids is 1. The summed E-state index contributed by atoms with van der Waals surface area (Å²) in [6, 6.07) is 0.147. The van der Waals surface area contributed by atoms with Crippen molar-refractivity contribution in [3.05, 3.63) is 0 Å². The highest BCUT2D eigenvalue weighted by atomic mass is 16.6. The van der Waals surface area contributed by atoms with Crippen molar-refractivity contribution in [2.75, 3.05) is 26.9 Å². The van der Waals surface area contributed by atoms with Crippen molar-refractivity contribution >= 4 is 6.09 Å². The molecule has 0 bridgehead atoms. The maximum Gasteiger partial charge on any atom is 0.410 e. The second kappa shape index (κ2) is 6.71. The van der Waals surface area contributed by atoms with E-state index in [-0.39, 0.29) is 12.1 Å². The lowest BCUT2D eigenvalue weighted by atomic mass is 10.3. The summed E-state index contributed by atoms with van der Waals surface area (Å²) >= 11 is 0. The van der Waals surface area contributed by atoms with Gasteiger partial charge in [-0.05, 0) is 20.8 Å². The molecule has 0 N–H and O–H groups in total. The third kappa shape index (κ3) is 4.72. The molecular formula is C9H19NO3. The molecule has 0 spiro atoms. The first kappa shape index (κ1) is 12.2. The normalized spacial score (nSPS) is 10.2. The first-order valence-corrected chi connectivity index (χ1v) is 4.55. The van der Waals surface area contributed by atoms with Crippen LogP contribution in [0.15, 0.2) is 0 Å². The zero-order valence-corrected chi connectivity index (χ0v) is 8.87. The van der Waals surface area contributed by atoms with Gasteiger partial charge >= 0.3 is 6.09 Å². The Morgan fingerprint density at radius 2 is 2.08 bits per heavy atom. The molecule has 4 nitrogen and oxygen atoms in total. The molecule has 0 rings (SSSR count). The second-order valence-electron chi connectivity index (χ2n) is 2.98. The fraction of sp³-hybridized carbons (Fsp3) is 0.889. The SMILES string of the molecule is CCOC(=O)N(CCOC)C(C)C. The van der Waals surface area contributed by atoms with Crippen LogP contribution in [-0.2, 0) is 9.47 Å². The number of nitrogens with zero attached hydrogens (tertiary/aromatic N) is 1. The maximum atomic E-state index is 11.3. The van der Waals surface area contributed by atoms with E-state index in [1.165, 1.54) is 0 Å². The van der Waals surface area contributed by atoms with Crippen LogP contribution in [0.3, 0.4) is 0 Å². The quantitative estimate of drug-likeness (QED) is 0.658. The lowest BCUT2D eigenvalue weighted by Crippen LogP contribution is -2.39. The van der Waals surface area contributed by atoms with Crippen LogP contribution in [0.5, 0.6) is 0 Å². The smallest absolute Gasteiger partial charge is 0.410 e. The van der Waals surface area contributed by atoms with E-state index < -0.39 is 0 Å². The van der Waals surface area contributed by atoms with Crippen LogP contribution in [0.25, 0.3) is 0 Å². The maximum absolute atomic E-state index is 11.3. The Hall–Kier alpha value is -0.770. The van der Waals surface area contributed by atoms with Gasteiger partial charge in [-0.25, -0.2) is 4.79 Å². The van der Waals surface area contributed by atoms with Crippen molar-refractivity contribution in [1.29, 1.82) is 0 Å². The fourth-order valence-electron chi connectivity index (χ4n) is 0.956. The van der Waals surface area contributed by atoms with Gasteiger partial charge in [-0.2, -0.15) is 0 Å². The molecule has 0 heterocycles. The molecule has 0 saturated carbocycles. The van der Waals surface area contributed by atoms with Gasteiger partial charge in [0.15, 0.2) is 0 Å². The van der Waals surface area contributed by atoms with Crippen LogP contribution < -0.4 is 0 Å². The molecule has 0 saturated heterocycles. The molecule has 0 aliphatic heterocycles. The molecule has 0 radical (unpaired) electrons. The van der Waals surface area contributed by atoms with Crippen LogP contribution in [0.1, 0.15) is 20.8 Å². The van der Waals surface area contributed by atoms with E-state index in [0.29, 0.717) is 19.8 Å². The summed E-state index contributed by atoms with van der Waals surface area (Å²) in [6.07, 6.45) is -0.269. The zero-order chi connectivity index (χ0) is 10.3. The minimum Gasteiger partial charge on any atom is -0.450 e. The highest BCUT2D eigenvalue weighted by Crippen LogP contribution is 2.01. The van der Waals surface area contributed by atoms with Crippen LogP contribution in [0, 0.1) is 0 Å². The minimum absolute atomic E-state index is 0.147. The zero-order valence-electron chi connectivity index (χ0n) is 8.87. The van der Waals surface area contributed by atoms with E-state index in [2.05, 4.69) is 0 Å². The van der Waals surface area contributed by atoms with Crippen LogP contribution >= 0.6 is 0 Å². The van der Waals surface area contributed by atoms with Crippen molar-refractivity contribution in [2.45, 2.75) is 26.8 Å². The average Bonchev–Trinajstić information content (AvgIpc) is 2.05. The number of rotatable bonds is 5. The molecule has 4 heteroatoms. The molecule has 0 aliphatic rings. The second-order valence-corrected chi connectivity index (χ2v) is 2.98. The number of amides is 1. The van der Waals surface area contributed by atoms with Crippen molar-refractivity contribution in [2.24, 2.45) is 0 Å². The number of ether oxygens (including phenoxy) is 2. The predicted octanol–water partition coefficient (Wildman–Crippen LogP) is 1.50. The molecule has 0 fully saturated rings. The van der Waals surface area contributed by atoms with Crippen LogP contribution in [0.2, 0.25) is 0 Å². The molecule has 0 atom stereocenters. The number of carbonyl (C=O) groups is 1. The van der Waals surface area contributed by atoms with E-state index in [1.54, 1.807) is 18.9 Å². The Bertz CT molecular complexity index is 148. The van der Waals surface area contributed by atoms with E-state index in [9.17, 15) is 4.79 Å². The Morgan fingerprint density at radius 3 is 2.46 bits per heavy atom. The molecule has 1 amide bonds. The van der Waals surface area contributed by atoms with Gasteiger partial charge in [0.05, 0.1) is 13.2 Å². The molecule has 0 unspecified atom stereocenters. The predicted molar refractivity (Wildman–Crippen MR) is 50.7 cm³/mol. The van der Waals surface area contributed by atoms with Crippen molar-refractivity contribution < 1.29 is 14.3 Å². The molecule has 0 aromatic rings. The summed E-state index contributed by atoms with van der Waals surface area (Å²) in [6.45, 7) is 7.23. The van der Waals surface area contributed by atoms with Gasteiger partial charge < -0.3 is 14.4 Å². The highest BCUT2D eigenvalue weighted by Gasteiger charge is 2.16. The summed E-state index contributed by atoms with van der Waals surface area (Å²) < 4.78 is 9.80. The summed E-state index contributed by atoms with van der Waals surface area (Å²) in [5.41, 5.74) is 0. The average molecular weight is 189 g/mol. The Labute approximate surface area is 79.8 Å². The van der Waals surface area contributed by atoms with Gasteiger partial charge in [-0.3, -0.25) is 0 Å². The fourth-order valence-corrected chi connectivity index (χ4v) is 0.956. The molecule has 0 aliphatic carbocycles. The van der Waals surface area contributed by atoms with Gasteiger partial charge in [0.25, 0.3) is 0 Å². The number of hydrogen-bond donors (Lipinski definition) is 0. The number of methoxy groups -OCH3 is 1. The summed E-state index contributed by atoms with van der Waals surface area (Å²) in [5.74, 6) is 0. The summed E-state index contributed by atoms with van der Waals surface area (Å²) in [7, 11) is 1.61. The Morgan fingerprint density at radius 1 is 1.46 bits per heavy atom. The summed E-state index contributed by atoms with van der Waals surface area (Å²) in [4.78, 5) is 13.0. The van der Waals surface area contributed by atoms with Gasteiger partial charge in [0.2, 0.25) is 0 Å². The lowest BCUT2D eigenvalue weighted by Gasteiger charge is -2.25. The van der Waals surface area contributed by atoms with E-state index in [0.717, 1.165) is 0 Å². The Kier molecular flexibility index (Phi) is 6.32. The van der Waals surface area contributed by atoms with Gasteiger partial charge in [-0.1, -0.05) is 0 Å². The Balaban J connectivity index is 3.99. The third-order valence-electron chi connectivity index (χ3n) is 1.66. The molecule has 0 aromatic carbocycles. The number of hydrogen-bond acceptors (Lipinski definition) is 3. The van der Waals surface area contributed by atoms with E-state index in [1.807, 2.05) is 13.8 Å². The van der Waals surface area contributed by atoms with Gasteiger partial charge in [-0.15, -0.1) is 0 Å². The lowest BCUT2D eigenvalue weighted by molar-refractivity contribution is 0.0794. The molecule has 13 heavy (non-hydrogen) atoms. The van der Waals surface area contributed by atoms with Crippen molar-refractivity contribution in [3.63, 3.8) is 0 Å². The monoisotopic (exact) mass is 189 g/mol. The topological polar surface area (TPSA) is 38.8 Å². The van der Waals surface area contributed by atoms with E-state index in [4.69, 9.17) is 9.47 Å². The molecule has 78 valence electrons. The third-order valence-corrected chi connectivity index (χ3v) is 1.66. The summed E-state index contributed by atoms with van der Waals surface area (Å²) in [5, 5.41) is 0. The molecular weight excluding hydrogens is 170 g/mol.